The minimum atomic E-state index is -0.870. The Morgan fingerprint density at radius 3 is 3.00 bits per heavy atom. The molecule has 1 aliphatic heterocycles. The zero-order chi connectivity index (χ0) is 11.7. The van der Waals surface area contributed by atoms with Crippen LogP contribution >= 0.6 is 0 Å². The van der Waals surface area contributed by atoms with E-state index in [1.54, 1.807) is 0 Å². The lowest BCUT2D eigenvalue weighted by Crippen LogP contribution is -2.23. The van der Waals surface area contributed by atoms with E-state index >= 15 is 0 Å². The Morgan fingerprint density at radius 2 is 2.38 bits per heavy atom. The fraction of sp³-hybridized carbons (Fsp3) is 0.417. The zero-order valence-electron chi connectivity index (χ0n) is 9.19. The molecule has 4 nitrogen and oxygen atoms in total. The molecule has 1 atom stereocenters. The highest BCUT2D eigenvalue weighted by Crippen LogP contribution is 2.34. The maximum Gasteiger partial charge on any atom is 0.312 e. The summed E-state index contributed by atoms with van der Waals surface area (Å²) in [5.41, 5.74) is 8.37. The molecular weight excluding hydrogens is 206 g/mol. The maximum atomic E-state index is 11.2. The molecule has 3 N–H and O–H groups in total. The molecule has 1 aromatic rings. The Labute approximate surface area is 94.0 Å². The van der Waals surface area contributed by atoms with E-state index in [1.165, 1.54) is 0 Å². The Hall–Kier alpha value is -1.55. The Bertz CT molecular complexity index is 429. The lowest BCUT2D eigenvalue weighted by molar-refractivity contribution is -0.138. The second-order valence-corrected chi connectivity index (χ2v) is 4.00. The van der Waals surface area contributed by atoms with Crippen LogP contribution in [-0.4, -0.2) is 24.2 Å². The van der Waals surface area contributed by atoms with Crippen LogP contribution in [0.1, 0.15) is 22.6 Å². The highest BCUT2D eigenvalue weighted by Gasteiger charge is 2.27. The first-order valence-electron chi connectivity index (χ1n) is 5.33. The van der Waals surface area contributed by atoms with Crippen molar-refractivity contribution in [3.63, 3.8) is 0 Å². The van der Waals surface area contributed by atoms with Crippen LogP contribution in [0.4, 0.5) is 0 Å². The number of ether oxygens (including phenoxy) is 1. The number of hydrogen-bond donors (Lipinski definition) is 2. The number of hydrogen-bond acceptors (Lipinski definition) is 3. The third-order valence-electron chi connectivity index (χ3n) is 3.02. The van der Waals surface area contributed by atoms with Gasteiger partial charge < -0.3 is 15.6 Å². The zero-order valence-corrected chi connectivity index (χ0v) is 9.19. The van der Waals surface area contributed by atoms with Crippen LogP contribution in [0.3, 0.4) is 0 Å². The SMILES string of the molecule is Cc1ccc2c(c1C(CN)C(=O)O)CCO2. The van der Waals surface area contributed by atoms with Crippen molar-refractivity contribution < 1.29 is 14.6 Å². The summed E-state index contributed by atoms with van der Waals surface area (Å²) in [4.78, 5) is 11.2. The maximum absolute atomic E-state index is 11.2. The molecule has 0 fully saturated rings. The lowest BCUT2D eigenvalue weighted by Gasteiger charge is -2.16. The molecule has 1 heterocycles. The number of fused-ring (bicyclic) bond motifs is 1. The van der Waals surface area contributed by atoms with Gasteiger partial charge in [-0.05, 0) is 24.1 Å². The summed E-state index contributed by atoms with van der Waals surface area (Å²) in [5, 5.41) is 9.16. The molecule has 0 saturated carbocycles. The van der Waals surface area contributed by atoms with E-state index < -0.39 is 11.9 Å². The average molecular weight is 221 g/mol. The van der Waals surface area contributed by atoms with Gasteiger partial charge in [0.25, 0.3) is 0 Å². The molecule has 0 radical (unpaired) electrons. The smallest absolute Gasteiger partial charge is 0.312 e. The molecule has 2 rings (SSSR count). The van der Waals surface area contributed by atoms with Crippen molar-refractivity contribution in [2.24, 2.45) is 5.73 Å². The van der Waals surface area contributed by atoms with Gasteiger partial charge in [0.05, 0.1) is 12.5 Å². The summed E-state index contributed by atoms with van der Waals surface area (Å²) in [6.07, 6.45) is 0.774. The van der Waals surface area contributed by atoms with Crippen LogP contribution < -0.4 is 10.5 Å². The van der Waals surface area contributed by atoms with E-state index in [1.807, 2.05) is 19.1 Å². The quantitative estimate of drug-likeness (QED) is 0.800. The Balaban J connectivity index is 2.54. The van der Waals surface area contributed by atoms with Crippen LogP contribution in [-0.2, 0) is 11.2 Å². The molecular formula is C12H15NO3. The predicted molar refractivity (Wildman–Crippen MR) is 59.8 cm³/mol. The molecule has 86 valence electrons. The number of aliphatic carboxylic acids is 1. The molecule has 0 saturated heterocycles. The Kier molecular flexibility index (Phi) is 2.83. The van der Waals surface area contributed by atoms with Crippen molar-refractivity contribution in [1.82, 2.24) is 0 Å². The number of carbonyl (C=O) groups is 1. The number of nitrogens with two attached hydrogens (primary N) is 1. The standard InChI is InChI=1S/C12H15NO3/c1-7-2-3-10-8(4-5-16-10)11(7)9(6-13)12(14)15/h2-3,9H,4-6,13H2,1H3,(H,14,15). The summed E-state index contributed by atoms with van der Waals surface area (Å²) in [7, 11) is 0. The normalized spacial score (nSPS) is 15.4. The first kappa shape index (κ1) is 11.0. The van der Waals surface area contributed by atoms with Crippen LogP contribution in [0.5, 0.6) is 5.75 Å². The van der Waals surface area contributed by atoms with Crippen LogP contribution in [0.15, 0.2) is 12.1 Å². The lowest BCUT2D eigenvalue weighted by atomic mass is 9.89. The molecule has 0 bridgehead atoms. The molecule has 0 aliphatic carbocycles. The summed E-state index contributed by atoms with van der Waals surface area (Å²) < 4.78 is 5.43. The largest absolute Gasteiger partial charge is 0.493 e. The van der Waals surface area contributed by atoms with E-state index in [-0.39, 0.29) is 6.54 Å². The summed E-state index contributed by atoms with van der Waals surface area (Å²) in [6.45, 7) is 2.66. The third-order valence-corrected chi connectivity index (χ3v) is 3.02. The van der Waals surface area contributed by atoms with Crippen LogP contribution in [0, 0.1) is 6.92 Å². The van der Waals surface area contributed by atoms with E-state index in [0.29, 0.717) is 6.61 Å². The minimum absolute atomic E-state index is 0.118. The van der Waals surface area contributed by atoms with Crippen molar-refractivity contribution in [3.05, 3.63) is 28.8 Å². The minimum Gasteiger partial charge on any atom is -0.493 e. The molecule has 1 aliphatic rings. The molecule has 0 spiro atoms. The van der Waals surface area contributed by atoms with Gasteiger partial charge in [0.2, 0.25) is 0 Å². The van der Waals surface area contributed by atoms with Gasteiger partial charge in [0.15, 0.2) is 0 Å². The van der Waals surface area contributed by atoms with Gasteiger partial charge in [0, 0.05) is 18.5 Å². The second kappa shape index (κ2) is 4.14. The highest BCUT2D eigenvalue weighted by molar-refractivity contribution is 5.78. The first-order valence-corrected chi connectivity index (χ1v) is 5.33. The van der Waals surface area contributed by atoms with E-state index in [2.05, 4.69) is 0 Å². The third kappa shape index (κ3) is 1.65. The van der Waals surface area contributed by atoms with Crippen LogP contribution in [0.25, 0.3) is 0 Å². The van der Waals surface area contributed by atoms with E-state index in [0.717, 1.165) is 28.9 Å². The summed E-state index contributed by atoms with van der Waals surface area (Å²) in [6, 6.07) is 3.79. The average Bonchev–Trinajstić information content (AvgIpc) is 2.69. The van der Waals surface area contributed by atoms with Gasteiger partial charge >= 0.3 is 5.97 Å². The number of aryl methyl sites for hydroxylation is 1. The van der Waals surface area contributed by atoms with Crippen molar-refractivity contribution in [2.75, 3.05) is 13.2 Å². The fourth-order valence-corrected chi connectivity index (χ4v) is 2.25. The van der Waals surface area contributed by atoms with Crippen molar-refractivity contribution in [1.29, 1.82) is 0 Å². The molecule has 0 amide bonds. The number of carboxylic acids is 1. The fourth-order valence-electron chi connectivity index (χ4n) is 2.25. The van der Waals surface area contributed by atoms with Crippen LogP contribution in [0.2, 0.25) is 0 Å². The van der Waals surface area contributed by atoms with E-state index in [9.17, 15) is 4.79 Å². The number of carboxylic acid groups (broad SMARTS) is 1. The predicted octanol–water partition coefficient (Wildman–Crippen LogP) is 1.06. The van der Waals surface area contributed by atoms with Gasteiger partial charge in [-0.15, -0.1) is 0 Å². The first-order chi connectivity index (χ1) is 7.65. The van der Waals surface area contributed by atoms with Gasteiger partial charge in [-0.3, -0.25) is 4.79 Å². The molecule has 0 aromatic heterocycles. The molecule has 1 aromatic carbocycles. The van der Waals surface area contributed by atoms with E-state index in [4.69, 9.17) is 15.6 Å². The molecule has 4 heteroatoms. The monoisotopic (exact) mass is 221 g/mol. The summed E-state index contributed by atoms with van der Waals surface area (Å²) >= 11 is 0. The highest BCUT2D eigenvalue weighted by atomic mass is 16.5. The van der Waals surface area contributed by atoms with Gasteiger partial charge in [-0.25, -0.2) is 0 Å². The topological polar surface area (TPSA) is 72.6 Å². The molecule has 16 heavy (non-hydrogen) atoms. The van der Waals surface area contributed by atoms with Gasteiger partial charge in [-0.2, -0.15) is 0 Å². The number of benzene rings is 1. The number of rotatable bonds is 3. The second-order valence-electron chi connectivity index (χ2n) is 4.00. The summed E-state index contributed by atoms with van der Waals surface area (Å²) in [5.74, 6) is -0.692. The van der Waals surface area contributed by atoms with Gasteiger partial charge in [-0.1, -0.05) is 6.07 Å². The Morgan fingerprint density at radius 1 is 1.62 bits per heavy atom. The van der Waals surface area contributed by atoms with Crippen molar-refractivity contribution >= 4 is 5.97 Å². The molecule has 1 unspecified atom stereocenters. The van der Waals surface area contributed by atoms with Crippen molar-refractivity contribution in [3.8, 4) is 5.75 Å². The van der Waals surface area contributed by atoms with Crippen molar-refractivity contribution in [2.45, 2.75) is 19.3 Å². The van der Waals surface area contributed by atoms with Gasteiger partial charge in [0.1, 0.15) is 5.75 Å².